The van der Waals surface area contributed by atoms with E-state index in [4.69, 9.17) is 0 Å². The Kier molecular flexibility index (Phi) is 4.99. The number of anilines is 3. The average Bonchev–Trinajstić information content (AvgIpc) is 2.48. The van der Waals surface area contributed by atoms with E-state index in [0.717, 1.165) is 24.3 Å². The molecule has 0 heterocycles. The summed E-state index contributed by atoms with van der Waals surface area (Å²) in [6, 6.07) is 15.3. The third kappa shape index (κ3) is 3.85. The molecule has 2 nitrogen and oxygen atoms in total. The molecule has 0 saturated carbocycles. The molecule has 0 aromatic heterocycles. The van der Waals surface area contributed by atoms with Crippen LogP contribution in [0, 0.1) is 5.82 Å². The Hall–Kier alpha value is -2.29. The maximum absolute atomic E-state index is 13.9. The average molecular weight is 284 g/mol. The van der Waals surface area contributed by atoms with Crippen LogP contribution in [0.15, 0.2) is 60.8 Å². The quantitative estimate of drug-likeness (QED) is 0.772. The van der Waals surface area contributed by atoms with Gasteiger partial charge in [0.25, 0.3) is 0 Å². The Morgan fingerprint density at radius 1 is 1.14 bits per heavy atom. The number of hydrogen-bond acceptors (Lipinski definition) is 2. The van der Waals surface area contributed by atoms with Crippen molar-refractivity contribution >= 4 is 17.1 Å². The van der Waals surface area contributed by atoms with Crippen molar-refractivity contribution in [2.24, 2.45) is 0 Å². The first kappa shape index (κ1) is 15.1. The Labute approximate surface area is 125 Å². The minimum atomic E-state index is -0.272. The molecule has 110 valence electrons. The summed E-state index contributed by atoms with van der Waals surface area (Å²) in [4.78, 5) is 2.18. The molecule has 0 aliphatic rings. The molecular formula is C18H21FN2. The SMILES string of the molecule is C=C(C)Nc1cc(N(CCC)c2ccccc2)ccc1F. The number of para-hydroxylation sites is 1. The van der Waals surface area contributed by atoms with Gasteiger partial charge < -0.3 is 10.2 Å². The largest absolute Gasteiger partial charge is 0.357 e. The molecule has 0 unspecified atom stereocenters. The summed E-state index contributed by atoms with van der Waals surface area (Å²) in [6.45, 7) is 8.59. The summed E-state index contributed by atoms with van der Waals surface area (Å²) in [6.07, 6.45) is 1.01. The highest BCUT2D eigenvalue weighted by Crippen LogP contribution is 2.29. The highest BCUT2D eigenvalue weighted by Gasteiger charge is 2.11. The molecule has 0 radical (unpaired) electrons. The van der Waals surface area contributed by atoms with Gasteiger partial charge in [0, 0.05) is 23.6 Å². The summed E-state index contributed by atoms with van der Waals surface area (Å²) in [5.74, 6) is -0.272. The van der Waals surface area contributed by atoms with E-state index in [2.05, 4.69) is 35.9 Å². The summed E-state index contributed by atoms with van der Waals surface area (Å²) in [7, 11) is 0. The Bertz CT molecular complexity index is 608. The van der Waals surface area contributed by atoms with Crippen LogP contribution in [0.2, 0.25) is 0 Å². The van der Waals surface area contributed by atoms with E-state index in [0.29, 0.717) is 11.4 Å². The molecule has 0 bridgehead atoms. The van der Waals surface area contributed by atoms with Crippen LogP contribution in [0.4, 0.5) is 21.5 Å². The molecule has 2 aromatic carbocycles. The molecule has 0 fully saturated rings. The fourth-order valence-electron chi connectivity index (χ4n) is 2.25. The number of rotatable bonds is 6. The molecule has 2 rings (SSSR count). The van der Waals surface area contributed by atoms with Gasteiger partial charge in [0.15, 0.2) is 0 Å². The lowest BCUT2D eigenvalue weighted by molar-refractivity contribution is 0.631. The van der Waals surface area contributed by atoms with E-state index < -0.39 is 0 Å². The second-order valence-electron chi connectivity index (χ2n) is 5.06. The van der Waals surface area contributed by atoms with Gasteiger partial charge in [-0.2, -0.15) is 0 Å². The lowest BCUT2D eigenvalue weighted by Crippen LogP contribution is -2.18. The van der Waals surface area contributed by atoms with Crippen molar-refractivity contribution in [2.75, 3.05) is 16.8 Å². The number of allylic oxidation sites excluding steroid dienone is 1. The molecule has 21 heavy (non-hydrogen) atoms. The monoisotopic (exact) mass is 284 g/mol. The predicted octanol–water partition coefficient (Wildman–Crippen LogP) is 5.32. The van der Waals surface area contributed by atoms with Crippen LogP contribution in [-0.2, 0) is 0 Å². The topological polar surface area (TPSA) is 15.3 Å². The van der Waals surface area contributed by atoms with Gasteiger partial charge in [-0.1, -0.05) is 31.7 Å². The van der Waals surface area contributed by atoms with E-state index in [1.807, 2.05) is 37.3 Å². The minimum absolute atomic E-state index is 0.272. The van der Waals surface area contributed by atoms with Crippen LogP contribution in [0.5, 0.6) is 0 Å². The van der Waals surface area contributed by atoms with Crippen LogP contribution < -0.4 is 10.2 Å². The molecule has 2 aromatic rings. The highest BCUT2D eigenvalue weighted by atomic mass is 19.1. The highest BCUT2D eigenvalue weighted by molar-refractivity contribution is 5.68. The molecule has 0 amide bonds. The molecule has 0 atom stereocenters. The van der Waals surface area contributed by atoms with Gasteiger partial charge in [-0.3, -0.25) is 0 Å². The minimum Gasteiger partial charge on any atom is -0.357 e. The number of benzene rings is 2. The third-order valence-corrected chi connectivity index (χ3v) is 3.12. The Balaban J connectivity index is 2.39. The lowest BCUT2D eigenvalue weighted by Gasteiger charge is -2.25. The van der Waals surface area contributed by atoms with Crippen LogP contribution in [0.25, 0.3) is 0 Å². The number of hydrogen-bond donors (Lipinski definition) is 1. The molecule has 0 saturated heterocycles. The fourth-order valence-corrected chi connectivity index (χ4v) is 2.25. The van der Waals surface area contributed by atoms with Crippen molar-refractivity contribution in [1.29, 1.82) is 0 Å². The summed E-state index contributed by atoms with van der Waals surface area (Å²) in [5, 5.41) is 2.97. The second kappa shape index (κ2) is 6.93. The van der Waals surface area contributed by atoms with E-state index >= 15 is 0 Å². The van der Waals surface area contributed by atoms with Gasteiger partial charge in [-0.25, -0.2) is 4.39 Å². The lowest BCUT2D eigenvalue weighted by atomic mass is 10.2. The van der Waals surface area contributed by atoms with Gasteiger partial charge in [-0.15, -0.1) is 0 Å². The van der Waals surface area contributed by atoms with Crippen molar-refractivity contribution in [3.63, 3.8) is 0 Å². The first-order chi connectivity index (χ1) is 10.1. The van der Waals surface area contributed by atoms with Crippen molar-refractivity contribution in [3.8, 4) is 0 Å². The third-order valence-electron chi connectivity index (χ3n) is 3.12. The van der Waals surface area contributed by atoms with Crippen LogP contribution in [0.1, 0.15) is 20.3 Å². The maximum atomic E-state index is 13.9. The summed E-state index contributed by atoms with van der Waals surface area (Å²) in [5.41, 5.74) is 3.24. The molecule has 1 N–H and O–H groups in total. The van der Waals surface area contributed by atoms with Gasteiger partial charge >= 0.3 is 0 Å². The van der Waals surface area contributed by atoms with E-state index in [1.54, 1.807) is 0 Å². The normalized spacial score (nSPS) is 10.2. The zero-order chi connectivity index (χ0) is 15.2. The molecule has 0 spiro atoms. The number of halogens is 1. The molecule has 0 aliphatic carbocycles. The molecule has 0 aliphatic heterocycles. The van der Waals surface area contributed by atoms with Gasteiger partial charge in [0.1, 0.15) is 5.82 Å². The van der Waals surface area contributed by atoms with Crippen LogP contribution in [-0.4, -0.2) is 6.54 Å². The van der Waals surface area contributed by atoms with Gasteiger partial charge in [0.05, 0.1) is 5.69 Å². The van der Waals surface area contributed by atoms with Crippen molar-refractivity contribution < 1.29 is 4.39 Å². The van der Waals surface area contributed by atoms with Gasteiger partial charge in [-0.05, 0) is 43.7 Å². The smallest absolute Gasteiger partial charge is 0.146 e. The summed E-state index contributed by atoms with van der Waals surface area (Å²) >= 11 is 0. The maximum Gasteiger partial charge on any atom is 0.146 e. The Morgan fingerprint density at radius 3 is 2.48 bits per heavy atom. The van der Waals surface area contributed by atoms with Crippen molar-refractivity contribution in [2.45, 2.75) is 20.3 Å². The fraction of sp³-hybridized carbons (Fsp3) is 0.222. The zero-order valence-corrected chi connectivity index (χ0v) is 12.6. The standard InChI is InChI=1S/C18H21FN2/c1-4-12-21(15-8-6-5-7-9-15)16-10-11-17(19)18(13-16)20-14(2)3/h5-11,13,20H,2,4,12H2,1,3H3. The van der Waals surface area contributed by atoms with Crippen molar-refractivity contribution in [1.82, 2.24) is 0 Å². The van der Waals surface area contributed by atoms with Crippen LogP contribution in [0.3, 0.4) is 0 Å². The van der Waals surface area contributed by atoms with E-state index in [-0.39, 0.29) is 5.82 Å². The number of nitrogens with one attached hydrogen (secondary N) is 1. The molecule has 3 heteroatoms. The van der Waals surface area contributed by atoms with Gasteiger partial charge in [0.2, 0.25) is 0 Å². The number of nitrogens with zero attached hydrogens (tertiary/aromatic N) is 1. The van der Waals surface area contributed by atoms with Crippen molar-refractivity contribution in [3.05, 3.63) is 66.6 Å². The van der Waals surface area contributed by atoms with E-state index in [1.165, 1.54) is 6.07 Å². The molecular weight excluding hydrogens is 263 g/mol. The first-order valence-electron chi connectivity index (χ1n) is 7.16. The first-order valence-corrected chi connectivity index (χ1v) is 7.16. The predicted molar refractivity (Wildman–Crippen MR) is 88.6 cm³/mol. The van der Waals surface area contributed by atoms with Crippen LogP contribution >= 0.6 is 0 Å². The zero-order valence-electron chi connectivity index (χ0n) is 12.6. The second-order valence-corrected chi connectivity index (χ2v) is 5.06. The van der Waals surface area contributed by atoms with E-state index in [9.17, 15) is 4.39 Å². The Morgan fingerprint density at radius 2 is 1.86 bits per heavy atom. The summed E-state index contributed by atoms with van der Waals surface area (Å²) < 4.78 is 13.9.